The third-order valence-electron chi connectivity index (χ3n) is 2.83. The normalized spacial score (nSPS) is 17.4. The standard InChI is InChI=1S/C12H13NO/c1-12(2)9-5-3-4-6-10(9)13-11(12)7-8-14/h3-6,8H,7H2,1-2H3. The van der Waals surface area contributed by atoms with Gasteiger partial charge in [-0.05, 0) is 11.6 Å². The Balaban J connectivity index is 2.50. The molecule has 2 rings (SSSR count). The number of fused-ring (bicyclic) bond motifs is 1. The van der Waals surface area contributed by atoms with Gasteiger partial charge in [0.1, 0.15) is 6.29 Å². The molecule has 1 aliphatic rings. The minimum Gasteiger partial charge on any atom is -0.303 e. The smallest absolute Gasteiger partial charge is 0.125 e. The van der Waals surface area contributed by atoms with Crippen molar-refractivity contribution in [2.45, 2.75) is 25.7 Å². The number of carbonyl (C=O) groups excluding carboxylic acids is 1. The van der Waals surface area contributed by atoms with Crippen molar-refractivity contribution in [3.05, 3.63) is 29.8 Å². The SMILES string of the molecule is CC1(C)C(CC=O)=Nc2ccccc21. The summed E-state index contributed by atoms with van der Waals surface area (Å²) in [4.78, 5) is 15.0. The molecule has 2 heteroatoms. The van der Waals surface area contributed by atoms with Crippen LogP contribution < -0.4 is 0 Å². The van der Waals surface area contributed by atoms with Crippen LogP contribution in [0, 0.1) is 0 Å². The molecule has 1 aromatic carbocycles. The molecule has 0 atom stereocenters. The van der Waals surface area contributed by atoms with Crippen LogP contribution in [-0.2, 0) is 10.2 Å². The van der Waals surface area contributed by atoms with Crippen LogP contribution in [0.1, 0.15) is 25.8 Å². The van der Waals surface area contributed by atoms with Gasteiger partial charge in [-0.2, -0.15) is 0 Å². The second-order valence-corrected chi connectivity index (χ2v) is 4.07. The highest BCUT2D eigenvalue weighted by molar-refractivity contribution is 6.06. The number of hydrogen-bond acceptors (Lipinski definition) is 2. The number of nitrogens with zero attached hydrogens (tertiary/aromatic N) is 1. The van der Waals surface area contributed by atoms with Crippen LogP contribution in [0.15, 0.2) is 29.3 Å². The summed E-state index contributed by atoms with van der Waals surface area (Å²) in [6.45, 7) is 4.22. The van der Waals surface area contributed by atoms with E-state index in [9.17, 15) is 4.79 Å². The average Bonchev–Trinajstić information content (AvgIpc) is 2.41. The van der Waals surface area contributed by atoms with Gasteiger partial charge < -0.3 is 4.79 Å². The molecule has 0 aromatic heterocycles. The molecule has 0 aliphatic carbocycles. The maximum Gasteiger partial charge on any atom is 0.125 e. The highest BCUT2D eigenvalue weighted by Crippen LogP contribution is 2.40. The van der Waals surface area contributed by atoms with Crippen LogP contribution in [-0.4, -0.2) is 12.0 Å². The van der Waals surface area contributed by atoms with E-state index in [2.05, 4.69) is 24.9 Å². The maximum absolute atomic E-state index is 10.5. The van der Waals surface area contributed by atoms with Crippen LogP contribution >= 0.6 is 0 Å². The van der Waals surface area contributed by atoms with Crippen LogP contribution in [0.5, 0.6) is 0 Å². The number of carbonyl (C=O) groups is 1. The summed E-state index contributed by atoms with van der Waals surface area (Å²) in [5.74, 6) is 0. The molecule has 0 bridgehead atoms. The van der Waals surface area contributed by atoms with Crippen molar-refractivity contribution in [2.24, 2.45) is 4.99 Å². The molecule has 2 nitrogen and oxygen atoms in total. The lowest BCUT2D eigenvalue weighted by Crippen LogP contribution is -2.25. The Labute approximate surface area is 83.7 Å². The fourth-order valence-corrected chi connectivity index (χ4v) is 1.92. The molecule has 0 spiro atoms. The van der Waals surface area contributed by atoms with Crippen molar-refractivity contribution in [1.82, 2.24) is 0 Å². The Hall–Kier alpha value is -1.44. The quantitative estimate of drug-likeness (QED) is 0.654. The first-order chi connectivity index (χ1) is 6.66. The predicted molar refractivity (Wildman–Crippen MR) is 57.2 cm³/mol. The molecule has 0 unspecified atom stereocenters. The van der Waals surface area contributed by atoms with Gasteiger partial charge in [-0.25, -0.2) is 0 Å². The molecular weight excluding hydrogens is 174 g/mol. The van der Waals surface area contributed by atoms with E-state index < -0.39 is 0 Å². The van der Waals surface area contributed by atoms with E-state index in [0.29, 0.717) is 6.42 Å². The summed E-state index contributed by atoms with van der Waals surface area (Å²) >= 11 is 0. The summed E-state index contributed by atoms with van der Waals surface area (Å²) in [6, 6.07) is 8.06. The topological polar surface area (TPSA) is 29.4 Å². The number of benzene rings is 1. The van der Waals surface area contributed by atoms with E-state index in [0.717, 1.165) is 17.7 Å². The summed E-state index contributed by atoms with van der Waals surface area (Å²) < 4.78 is 0. The Morgan fingerprint density at radius 3 is 2.71 bits per heavy atom. The predicted octanol–water partition coefficient (Wildman–Crippen LogP) is 2.64. The van der Waals surface area contributed by atoms with Gasteiger partial charge in [0.2, 0.25) is 0 Å². The van der Waals surface area contributed by atoms with Crippen molar-refractivity contribution >= 4 is 17.7 Å². The molecule has 0 radical (unpaired) electrons. The van der Waals surface area contributed by atoms with Crippen molar-refractivity contribution in [1.29, 1.82) is 0 Å². The van der Waals surface area contributed by atoms with Crippen LogP contribution in [0.25, 0.3) is 0 Å². The van der Waals surface area contributed by atoms with Crippen molar-refractivity contribution in [3.63, 3.8) is 0 Å². The molecule has 0 saturated carbocycles. The third kappa shape index (κ3) is 1.18. The average molecular weight is 187 g/mol. The fraction of sp³-hybridized carbons (Fsp3) is 0.333. The summed E-state index contributed by atoms with van der Waals surface area (Å²) in [7, 11) is 0. The maximum atomic E-state index is 10.5. The lowest BCUT2D eigenvalue weighted by molar-refractivity contribution is -0.106. The van der Waals surface area contributed by atoms with Crippen molar-refractivity contribution < 1.29 is 4.79 Å². The molecule has 1 aromatic rings. The van der Waals surface area contributed by atoms with E-state index in [-0.39, 0.29) is 5.41 Å². The monoisotopic (exact) mass is 187 g/mol. The number of para-hydroxylation sites is 1. The van der Waals surface area contributed by atoms with Gasteiger partial charge in [0.15, 0.2) is 0 Å². The van der Waals surface area contributed by atoms with Gasteiger partial charge in [-0.15, -0.1) is 0 Å². The van der Waals surface area contributed by atoms with Crippen LogP contribution in [0.4, 0.5) is 5.69 Å². The van der Waals surface area contributed by atoms with E-state index in [1.54, 1.807) is 0 Å². The lowest BCUT2D eigenvalue weighted by Gasteiger charge is -2.20. The Bertz CT molecular complexity index is 405. The number of rotatable bonds is 2. The molecule has 1 heterocycles. The molecule has 72 valence electrons. The van der Waals surface area contributed by atoms with Gasteiger partial charge in [-0.3, -0.25) is 4.99 Å². The van der Waals surface area contributed by atoms with Crippen LogP contribution in [0.3, 0.4) is 0 Å². The third-order valence-corrected chi connectivity index (χ3v) is 2.83. The highest BCUT2D eigenvalue weighted by atomic mass is 16.1. The summed E-state index contributed by atoms with van der Waals surface area (Å²) in [5.41, 5.74) is 3.11. The molecule has 0 N–H and O–H groups in total. The van der Waals surface area contributed by atoms with Gasteiger partial charge >= 0.3 is 0 Å². The first-order valence-corrected chi connectivity index (χ1v) is 4.77. The van der Waals surface area contributed by atoms with E-state index in [1.165, 1.54) is 5.56 Å². The zero-order valence-corrected chi connectivity index (χ0v) is 8.45. The molecule has 0 saturated heterocycles. The number of aldehydes is 1. The first kappa shape index (κ1) is 9.13. The molecular formula is C12H13NO. The zero-order chi connectivity index (χ0) is 10.2. The second-order valence-electron chi connectivity index (χ2n) is 4.07. The Morgan fingerprint density at radius 1 is 1.36 bits per heavy atom. The van der Waals surface area contributed by atoms with Gasteiger partial charge in [0.25, 0.3) is 0 Å². The minimum absolute atomic E-state index is 0.0858. The number of aliphatic imine (C=N–C) groups is 1. The van der Waals surface area contributed by atoms with Crippen molar-refractivity contribution in [3.8, 4) is 0 Å². The molecule has 14 heavy (non-hydrogen) atoms. The van der Waals surface area contributed by atoms with Crippen LogP contribution in [0.2, 0.25) is 0 Å². The molecule has 0 amide bonds. The van der Waals surface area contributed by atoms with E-state index in [1.807, 2.05) is 18.2 Å². The minimum atomic E-state index is -0.0858. The highest BCUT2D eigenvalue weighted by Gasteiger charge is 2.33. The van der Waals surface area contributed by atoms with E-state index in [4.69, 9.17) is 0 Å². The van der Waals surface area contributed by atoms with Gasteiger partial charge in [0, 0.05) is 17.5 Å². The van der Waals surface area contributed by atoms with Gasteiger partial charge in [0.05, 0.1) is 5.69 Å². The Kier molecular flexibility index (Phi) is 1.99. The largest absolute Gasteiger partial charge is 0.303 e. The molecule has 1 aliphatic heterocycles. The number of hydrogen-bond donors (Lipinski definition) is 0. The van der Waals surface area contributed by atoms with Gasteiger partial charge in [-0.1, -0.05) is 32.0 Å². The summed E-state index contributed by atoms with van der Waals surface area (Å²) in [6.07, 6.45) is 1.36. The summed E-state index contributed by atoms with van der Waals surface area (Å²) in [5, 5.41) is 0. The Morgan fingerprint density at radius 2 is 2.07 bits per heavy atom. The van der Waals surface area contributed by atoms with E-state index >= 15 is 0 Å². The lowest BCUT2D eigenvalue weighted by atomic mass is 9.81. The zero-order valence-electron chi connectivity index (χ0n) is 8.45. The fourth-order valence-electron chi connectivity index (χ4n) is 1.92. The first-order valence-electron chi connectivity index (χ1n) is 4.77. The van der Waals surface area contributed by atoms with Crippen molar-refractivity contribution in [2.75, 3.05) is 0 Å². The second kappa shape index (κ2) is 3.05. The molecule has 0 fully saturated rings.